The van der Waals surface area contributed by atoms with Gasteiger partial charge in [0.2, 0.25) is 0 Å². The first-order chi connectivity index (χ1) is 7.48. The number of hydrogen-bond donors (Lipinski definition) is 1. The summed E-state index contributed by atoms with van der Waals surface area (Å²) in [7, 11) is 0. The molecule has 2 unspecified atom stereocenters. The fourth-order valence-corrected chi connectivity index (χ4v) is 2.71. The fraction of sp³-hybridized carbons (Fsp3) is 0.538. The van der Waals surface area contributed by atoms with Gasteiger partial charge in [-0.15, -0.1) is 0 Å². The van der Waals surface area contributed by atoms with Gasteiger partial charge in [0.15, 0.2) is 0 Å². The minimum Gasteiger partial charge on any atom is -0.393 e. The molecule has 0 aliphatic heterocycles. The van der Waals surface area contributed by atoms with Crippen molar-refractivity contribution in [2.75, 3.05) is 0 Å². The van der Waals surface area contributed by atoms with Crippen molar-refractivity contribution in [2.45, 2.75) is 38.7 Å². The van der Waals surface area contributed by atoms with Crippen molar-refractivity contribution < 1.29 is 9.50 Å². The highest BCUT2D eigenvalue weighted by molar-refractivity contribution is 6.30. The lowest BCUT2D eigenvalue weighted by Crippen LogP contribution is -2.16. The molecule has 0 radical (unpaired) electrons. The van der Waals surface area contributed by atoms with Gasteiger partial charge >= 0.3 is 0 Å². The molecule has 0 amide bonds. The van der Waals surface area contributed by atoms with Gasteiger partial charge in [0, 0.05) is 0 Å². The SMILES string of the molecule is CC1(Cc2ccc(Cl)c(F)c2)CCC(O)C1. The maximum atomic E-state index is 13.3. The molecule has 2 atom stereocenters. The summed E-state index contributed by atoms with van der Waals surface area (Å²) in [6.45, 7) is 2.15. The first-order valence-corrected chi connectivity index (χ1v) is 5.98. The van der Waals surface area contributed by atoms with E-state index in [2.05, 4.69) is 6.92 Å². The molecule has 1 fully saturated rings. The van der Waals surface area contributed by atoms with Crippen LogP contribution in [0.3, 0.4) is 0 Å². The molecule has 0 heterocycles. The highest BCUT2D eigenvalue weighted by atomic mass is 35.5. The largest absolute Gasteiger partial charge is 0.393 e. The zero-order valence-electron chi connectivity index (χ0n) is 9.34. The number of hydrogen-bond acceptors (Lipinski definition) is 1. The van der Waals surface area contributed by atoms with Gasteiger partial charge in [-0.2, -0.15) is 0 Å². The van der Waals surface area contributed by atoms with Crippen LogP contribution in [0.25, 0.3) is 0 Å². The van der Waals surface area contributed by atoms with Crippen LogP contribution in [-0.4, -0.2) is 11.2 Å². The van der Waals surface area contributed by atoms with Crippen LogP contribution < -0.4 is 0 Å². The number of rotatable bonds is 2. The van der Waals surface area contributed by atoms with Crippen molar-refractivity contribution in [1.82, 2.24) is 0 Å². The van der Waals surface area contributed by atoms with Gasteiger partial charge in [0.25, 0.3) is 0 Å². The van der Waals surface area contributed by atoms with Crippen LogP contribution in [0, 0.1) is 11.2 Å². The van der Waals surface area contributed by atoms with Crippen molar-refractivity contribution in [3.05, 3.63) is 34.6 Å². The van der Waals surface area contributed by atoms with Crippen molar-refractivity contribution in [3.63, 3.8) is 0 Å². The predicted molar refractivity (Wildman–Crippen MR) is 63.1 cm³/mol. The Labute approximate surface area is 100 Å². The van der Waals surface area contributed by atoms with Gasteiger partial charge in [-0.1, -0.05) is 24.6 Å². The van der Waals surface area contributed by atoms with Crippen LogP contribution in [0.4, 0.5) is 4.39 Å². The summed E-state index contributed by atoms with van der Waals surface area (Å²) in [5.74, 6) is -0.360. The average Bonchev–Trinajstić information content (AvgIpc) is 2.52. The lowest BCUT2D eigenvalue weighted by Gasteiger charge is -2.23. The molecule has 0 saturated heterocycles. The molecule has 1 aromatic rings. The minimum absolute atomic E-state index is 0.0969. The third kappa shape index (κ3) is 2.55. The summed E-state index contributed by atoms with van der Waals surface area (Å²) in [5, 5.41) is 9.71. The van der Waals surface area contributed by atoms with E-state index in [9.17, 15) is 9.50 Å². The highest BCUT2D eigenvalue weighted by Crippen LogP contribution is 2.40. The molecule has 1 saturated carbocycles. The Bertz CT molecular complexity index is 394. The predicted octanol–water partition coefficient (Wildman–Crippen LogP) is 3.57. The van der Waals surface area contributed by atoms with E-state index in [1.54, 1.807) is 6.07 Å². The summed E-state index contributed by atoms with van der Waals surface area (Å²) in [4.78, 5) is 0. The molecule has 1 aromatic carbocycles. The first kappa shape index (κ1) is 11.9. The molecule has 1 aliphatic carbocycles. The number of aliphatic hydroxyl groups is 1. The van der Waals surface area contributed by atoms with Crippen LogP contribution >= 0.6 is 11.6 Å². The Morgan fingerprint density at radius 2 is 2.31 bits per heavy atom. The normalized spacial score (nSPS) is 29.6. The molecule has 16 heavy (non-hydrogen) atoms. The average molecular weight is 243 g/mol. The van der Waals surface area contributed by atoms with Gasteiger partial charge in [0.1, 0.15) is 5.82 Å². The lowest BCUT2D eigenvalue weighted by atomic mass is 9.82. The van der Waals surface area contributed by atoms with Crippen LogP contribution in [0.5, 0.6) is 0 Å². The number of halogens is 2. The van der Waals surface area contributed by atoms with E-state index in [1.165, 1.54) is 6.07 Å². The summed E-state index contributed by atoms with van der Waals surface area (Å²) in [5.41, 5.74) is 1.05. The molecule has 0 spiro atoms. The lowest BCUT2D eigenvalue weighted by molar-refractivity contribution is 0.163. The Balaban J connectivity index is 2.12. The zero-order valence-corrected chi connectivity index (χ0v) is 10.1. The topological polar surface area (TPSA) is 20.2 Å². The second kappa shape index (κ2) is 4.34. The van der Waals surface area contributed by atoms with Gasteiger partial charge < -0.3 is 5.11 Å². The van der Waals surface area contributed by atoms with Gasteiger partial charge in [-0.05, 0) is 48.8 Å². The zero-order chi connectivity index (χ0) is 11.8. The molecule has 0 bridgehead atoms. The Kier molecular flexibility index (Phi) is 3.22. The van der Waals surface area contributed by atoms with Crippen molar-refractivity contribution in [1.29, 1.82) is 0 Å². The molecular formula is C13H16ClFO. The second-order valence-electron chi connectivity index (χ2n) is 5.13. The third-order valence-electron chi connectivity index (χ3n) is 3.42. The van der Waals surface area contributed by atoms with Gasteiger partial charge in [-0.25, -0.2) is 4.39 Å². The smallest absolute Gasteiger partial charge is 0.142 e. The van der Waals surface area contributed by atoms with Crippen molar-refractivity contribution in [2.24, 2.45) is 5.41 Å². The Hall–Kier alpha value is -0.600. The van der Waals surface area contributed by atoms with Gasteiger partial charge in [0.05, 0.1) is 11.1 Å². The molecule has 0 aromatic heterocycles. The summed E-state index contributed by atoms with van der Waals surface area (Å²) >= 11 is 5.64. The minimum atomic E-state index is -0.360. The number of aliphatic hydroxyl groups excluding tert-OH is 1. The maximum Gasteiger partial charge on any atom is 0.142 e. The van der Waals surface area contributed by atoms with Crippen LogP contribution in [0.15, 0.2) is 18.2 Å². The maximum absolute atomic E-state index is 13.3. The number of benzene rings is 1. The molecule has 3 heteroatoms. The standard InChI is InChI=1S/C13H16ClFO/c1-13(5-4-10(16)8-13)7-9-2-3-11(14)12(15)6-9/h2-3,6,10,16H,4-5,7-8H2,1H3. The van der Waals surface area contributed by atoms with Crippen molar-refractivity contribution in [3.8, 4) is 0 Å². The molecule has 2 rings (SSSR count). The first-order valence-electron chi connectivity index (χ1n) is 5.60. The molecule has 1 nitrogen and oxygen atoms in total. The summed E-state index contributed by atoms with van der Waals surface area (Å²) in [6.07, 6.45) is 3.27. The molecule has 88 valence electrons. The van der Waals surface area contributed by atoms with E-state index in [-0.39, 0.29) is 22.4 Å². The molecule has 1 aliphatic rings. The third-order valence-corrected chi connectivity index (χ3v) is 3.73. The van der Waals surface area contributed by atoms with Crippen molar-refractivity contribution >= 4 is 11.6 Å². The molecule has 1 N–H and O–H groups in total. The summed E-state index contributed by atoms with van der Waals surface area (Å²) < 4.78 is 13.3. The monoisotopic (exact) mass is 242 g/mol. The highest BCUT2D eigenvalue weighted by Gasteiger charge is 2.34. The van der Waals surface area contributed by atoms with E-state index in [4.69, 9.17) is 11.6 Å². The van der Waals surface area contributed by atoms with E-state index >= 15 is 0 Å². The van der Waals surface area contributed by atoms with E-state index in [0.29, 0.717) is 0 Å². The Morgan fingerprint density at radius 3 is 2.88 bits per heavy atom. The second-order valence-corrected chi connectivity index (χ2v) is 5.54. The summed E-state index contributed by atoms with van der Waals surface area (Å²) in [6, 6.07) is 4.96. The van der Waals surface area contributed by atoms with Crippen LogP contribution in [0.2, 0.25) is 5.02 Å². The quantitative estimate of drug-likeness (QED) is 0.841. The van der Waals surface area contributed by atoms with E-state index < -0.39 is 0 Å². The van der Waals surface area contributed by atoms with Gasteiger partial charge in [-0.3, -0.25) is 0 Å². The van der Waals surface area contributed by atoms with Crippen LogP contribution in [-0.2, 0) is 6.42 Å². The fourth-order valence-electron chi connectivity index (χ4n) is 2.59. The Morgan fingerprint density at radius 1 is 1.56 bits per heavy atom. The van der Waals surface area contributed by atoms with E-state index in [1.807, 2.05) is 6.07 Å². The molecular weight excluding hydrogens is 227 g/mol. The van der Waals surface area contributed by atoms with E-state index in [0.717, 1.165) is 31.2 Å². The van der Waals surface area contributed by atoms with Crippen LogP contribution in [0.1, 0.15) is 31.7 Å².